The van der Waals surface area contributed by atoms with Gasteiger partial charge in [0.05, 0.1) is 6.10 Å². The normalized spacial score (nSPS) is 13.3. The van der Waals surface area contributed by atoms with Gasteiger partial charge in [-0.15, -0.1) is 0 Å². The molecule has 0 amide bonds. The van der Waals surface area contributed by atoms with Gasteiger partial charge in [-0.05, 0) is 6.07 Å². The lowest BCUT2D eigenvalue weighted by atomic mass is 10.2. The van der Waals surface area contributed by atoms with Crippen LogP contribution in [0.4, 0.5) is 0 Å². The Bertz CT molecular complexity index is 546. The zero-order chi connectivity index (χ0) is 11.0. The fourth-order valence-corrected chi connectivity index (χ4v) is 1.67. The van der Waals surface area contributed by atoms with Crippen LogP contribution in [0.15, 0.2) is 21.5 Å². The zero-order valence-corrected chi connectivity index (χ0v) is 9.56. The van der Waals surface area contributed by atoms with Gasteiger partial charge in [0.15, 0.2) is 11.2 Å². The highest BCUT2D eigenvalue weighted by atomic mass is 79.9. The molecule has 0 fully saturated rings. The summed E-state index contributed by atoms with van der Waals surface area (Å²) >= 11 is 3.16. The Balaban J connectivity index is 2.62. The van der Waals surface area contributed by atoms with Gasteiger partial charge in [0.1, 0.15) is 0 Å². The summed E-state index contributed by atoms with van der Waals surface area (Å²) in [6.45, 7) is 0. The van der Waals surface area contributed by atoms with Crippen LogP contribution in [0, 0.1) is 0 Å². The third-order valence-corrected chi connectivity index (χ3v) is 2.79. The van der Waals surface area contributed by atoms with Crippen molar-refractivity contribution in [2.75, 3.05) is 5.33 Å². The number of aliphatic hydroxyl groups is 1. The van der Waals surface area contributed by atoms with Crippen molar-refractivity contribution in [1.29, 1.82) is 0 Å². The van der Waals surface area contributed by atoms with Gasteiger partial charge in [-0.2, -0.15) is 0 Å². The second kappa shape index (κ2) is 3.79. The maximum atomic E-state index is 11.2. The molecule has 0 aromatic carbocycles. The molecule has 2 aromatic rings. The highest BCUT2D eigenvalue weighted by Gasteiger charge is 2.11. The van der Waals surface area contributed by atoms with Crippen LogP contribution in [0.3, 0.4) is 0 Å². The number of hydrogen-bond acceptors (Lipinski definition) is 4. The van der Waals surface area contributed by atoms with Crippen molar-refractivity contribution in [3.8, 4) is 0 Å². The third-order valence-electron chi connectivity index (χ3n) is 2.17. The van der Waals surface area contributed by atoms with E-state index in [-0.39, 0.29) is 0 Å². The summed E-state index contributed by atoms with van der Waals surface area (Å²) in [5.41, 5.74) is 1.49. The van der Waals surface area contributed by atoms with Gasteiger partial charge in [0.2, 0.25) is 0 Å². The maximum Gasteiger partial charge on any atom is 0.420 e. The minimum Gasteiger partial charge on any atom is -0.406 e. The summed E-state index contributed by atoms with van der Waals surface area (Å²) < 4.78 is 6.27. The van der Waals surface area contributed by atoms with E-state index in [4.69, 9.17) is 4.42 Å². The van der Waals surface area contributed by atoms with E-state index >= 15 is 0 Å². The van der Waals surface area contributed by atoms with Gasteiger partial charge in [-0.3, -0.25) is 4.57 Å². The van der Waals surface area contributed by atoms with E-state index < -0.39 is 11.9 Å². The lowest BCUT2D eigenvalue weighted by molar-refractivity contribution is 0.205. The van der Waals surface area contributed by atoms with Crippen molar-refractivity contribution in [3.05, 3.63) is 28.4 Å². The van der Waals surface area contributed by atoms with E-state index in [9.17, 15) is 9.90 Å². The van der Waals surface area contributed by atoms with Crippen molar-refractivity contribution in [3.63, 3.8) is 0 Å². The van der Waals surface area contributed by atoms with Crippen molar-refractivity contribution >= 4 is 27.2 Å². The highest BCUT2D eigenvalue weighted by molar-refractivity contribution is 9.09. The number of hydrogen-bond donors (Lipinski definition) is 1. The van der Waals surface area contributed by atoms with Crippen LogP contribution in [-0.4, -0.2) is 20.0 Å². The molecular weight excluding hydrogens is 264 g/mol. The van der Waals surface area contributed by atoms with Crippen LogP contribution in [0.2, 0.25) is 0 Å². The first-order valence-corrected chi connectivity index (χ1v) is 5.45. The molecule has 0 saturated heterocycles. The molecule has 0 spiro atoms. The molecule has 2 aromatic heterocycles. The Kier molecular flexibility index (Phi) is 2.62. The fourth-order valence-electron chi connectivity index (χ4n) is 1.30. The summed E-state index contributed by atoms with van der Waals surface area (Å²) in [5.74, 6) is -0.456. The van der Waals surface area contributed by atoms with E-state index in [2.05, 4.69) is 20.9 Å². The first kappa shape index (κ1) is 10.4. The summed E-state index contributed by atoms with van der Waals surface area (Å²) in [7, 11) is 1.59. The van der Waals surface area contributed by atoms with Crippen LogP contribution in [0.25, 0.3) is 11.2 Å². The van der Waals surface area contributed by atoms with Gasteiger partial charge < -0.3 is 9.52 Å². The van der Waals surface area contributed by atoms with Gasteiger partial charge >= 0.3 is 5.76 Å². The molecule has 0 aliphatic heterocycles. The molecule has 15 heavy (non-hydrogen) atoms. The monoisotopic (exact) mass is 272 g/mol. The van der Waals surface area contributed by atoms with Crippen LogP contribution < -0.4 is 5.76 Å². The minimum atomic E-state index is -0.646. The number of fused-ring (bicyclic) bond motifs is 1. The number of rotatable bonds is 2. The molecule has 0 radical (unpaired) electrons. The molecule has 0 saturated carbocycles. The van der Waals surface area contributed by atoms with Gasteiger partial charge in [0, 0.05) is 24.1 Å². The number of pyridine rings is 1. The lowest BCUT2D eigenvalue weighted by Gasteiger charge is -2.05. The second-order valence-electron chi connectivity index (χ2n) is 3.19. The van der Waals surface area contributed by atoms with Gasteiger partial charge in [0.25, 0.3) is 0 Å². The molecule has 5 nitrogen and oxygen atoms in total. The molecule has 0 bridgehead atoms. The summed E-state index contributed by atoms with van der Waals surface area (Å²) in [6, 6.07) is 1.62. The van der Waals surface area contributed by atoms with E-state index in [0.29, 0.717) is 22.1 Å². The van der Waals surface area contributed by atoms with E-state index in [1.54, 1.807) is 13.1 Å². The predicted molar refractivity (Wildman–Crippen MR) is 58.0 cm³/mol. The highest BCUT2D eigenvalue weighted by Crippen LogP contribution is 2.18. The SMILES string of the molecule is Cn1c(=O)oc2cc(C(O)CBr)cnc21. The molecule has 1 atom stereocenters. The number of aromatic nitrogens is 2. The molecule has 0 aliphatic rings. The van der Waals surface area contributed by atoms with Crippen LogP contribution in [0.1, 0.15) is 11.7 Å². The van der Waals surface area contributed by atoms with Crippen LogP contribution in [0.5, 0.6) is 0 Å². The summed E-state index contributed by atoms with van der Waals surface area (Å²) in [6.07, 6.45) is 0.885. The quantitative estimate of drug-likeness (QED) is 0.827. The van der Waals surface area contributed by atoms with Crippen molar-refractivity contribution in [2.24, 2.45) is 7.05 Å². The second-order valence-corrected chi connectivity index (χ2v) is 3.83. The Morgan fingerprint density at radius 1 is 1.73 bits per heavy atom. The molecule has 1 N–H and O–H groups in total. The first-order chi connectivity index (χ1) is 7.13. The number of oxazole rings is 1. The third kappa shape index (κ3) is 1.70. The average molecular weight is 273 g/mol. The topological polar surface area (TPSA) is 68.3 Å². The fraction of sp³-hybridized carbons (Fsp3) is 0.333. The zero-order valence-electron chi connectivity index (χ0n) is 7.98. The van der Waals surface area contributed by atoms with Crippen molar-refractivity contribution < 1.29 is 9.52 Å². The largest absolute Gasteiger partial charge is 0.420 e. The number of halogens is 1. The standard InChI is InChI=1S/C9H9BrN2O3/c1-12-8-7(15-9(12)14)2-5(4-11-8)6(13)3-10/h2,4,6,13H,3H2,1H3. The number of alkyl halides is 1. The van der Waals surface area contributed by atoms with E-state index in [1.165, 1.54) is 10.8 Å². The summed E-state index contributed by atoms with van der Waals surface area (Å²) in [5, 5.41) is 9.97. The number of aliphatic hydroxyl groups excluding tert-OH is 1. The van der Waals surface area contributed by atoms with Crippen LogP contribution >= 0.6 is 15.9 Å². The molecule has 80 valence electrons. The molecule has 6 heteroatoms. The van der Waals surface area contributed by atoms with Gasteiger partial charge in [-0.1, -0.05) is 15.9 Å². The molecule has 0 aliphatic carbocycles. The average Bonchev–Trinajstić information content (AvgIpc) is 2.53. The summed E-state index contributed by atoms with van der Waals surface area (Å²) in [4.78, 5) is 15.2. The van der Waals surface area contributed by atoms with E-state index in [1.807, 2.05) is 0 Å². The number of nitrogens with zero attached hydrogens (tertiary/aromatic N) is 2. The van der Waals surface area contributed by atoms with Crippen molar-refractivity contribution in [2.45, 2.75) is 6.10 Å². The molecule has 2 heterocycles. The Morgan fingerprint density at radius 2 is 2.47 bits per heavy atom. The van der Waals surface area contributed by atoms with Crippen molar-refractivity contribution in [1.82, 2.24) is 9.55 Å². The Labute approximate surface area is 93.5 Å². The Morgan fingerprint density at radius 3 is 3.13 bits per heavy atom. The predicted octanol–water partition coefficient (Wildman–Crippen LogP) is 0.955. The molecule has 1 unspecified atom stereocenters. The first-order valence-electron chi connectivity index (χ1n) is 4.33. The molecule has 2 rings (SSSR count). The van der Waals surface area contributed by atoms with Gasteiger partial charge in [-0.25, -0.2) is 9.78 Å². The Hall–Kier alpha value is -1.14. The lowest BCUT2D eigenvalue weighted by Crippen LogP contribution is -2.09. The smallest absolute Gasteiger partial charge is 0.406 e. The maximum absolute atomic E-state index is 11.2. The van der Waals surface area contributed by atoms with Crippen LogP contribution in [-0.2, 0) is 7.05 Å². The molecular formula is C9H9BrN2O3. The minimum absolute atomic E-state index is 0.389. The van der Waals surface area contributed by atoms with E-state index in [0.717, 1.165) is 0 Å². The number of aryl methyl sites for hydroxylation is 1.